The maximum atomic E-state index is 5.13. The van der Waals surface area contributed by atoms with Gasteiger partial charge < -0.3 is 14.7 Å². The van der Waals surface area contributed by atoms with Crippen molar-refractivity contribution in [1.29, 1.82) is 0 Å². The fourth-order valence-electron chi connectivity index (χ4n) is 3.20. The number of aromatic nitrogens is 2. The minimum Gasteiger partial charge on any atom is -0.347 e. The highest BCUT2D eigenvalue weighted by molar-refractivity contribution is 5.79. The van der Waals surface area contributed by atoms with Crippen LogP contribution in [0.15, 0.2) is 9.52 Å². The van der Waals surface area contributed by atoms with Gasteiger partial charge in [0.15, 0.2) is 11.8 Å². The molecule has 0 amide bonds. The number of nitrogens with zero attached hydrogens (tertiary/aromatic N) is 4. The van der Waals surface area contributed by atoms with Crippen molar-refractivity contribution in [3.63, 3.8) is 0 Å². The van der Waals surface area contributed by atoms with Crippen LogP contribution in [-0.2, 0) is 6.54 Å². The van der Waals surface area contributed by atoms with Crippen molar-refractivity contribution >= 4 is 5.96 Å². The first kappa shape index (κ1) is 15.8. The summed E-state index contributed by atoms with van der Waals surface area (Å²) in [6.07, 6.45) is 5.02. The molecule has 1 atom stereocenters. The predicted molar refractivity (Wildman–Crippen MR) is 83.1 cm³/mol. The van der Waals surface area contributed by atoms with Crippen LogP contribution in [0.2, 0.25) is 0 Å². The normalized spacial score (nSPS) is 23.4. The molecule has 0 aromatic carbocycles. The molecule has 1 aromatic rings. The van der Waals surface area contributed by atoms with E-state index in [4.69, 9.17) is 4.52 Å². The number of guanidine groups is 1. The molecule has 2 rings (SSSR count). The Labute approximate surface area is 127 Å². The summed E-state index contributed by atoms with van der Waals surface area (Å²) in [5, 5.41) is 7.13. The molecular formula is C15H27N5O. The molecule has 0 spiro atoms. The molecule has 0 radical (unpaired) electrons. The van der Waals surface area contributed by atoms with Gasteiger partial charge in [-0.15, -0.1) is 0 Å². The van der Waals surface area contributed by atoms with Crippen molar-refractivity contribution in [3.8, 4) is 0 Å². The first-order chi connectivity index (χ1) is 10.1. The van der Waals surface area contributed by atoms with Crippen LogP contribution < -0.4 is 5.32 Å². The molecule has 1 N–H and O–H groups in total. The van der Waals surface area contributed by atoms with Crippen molar-refractivity contribution < 1.29 is 4.52 Å². The van der Waals surface area contributed by atoms with Gasteiger partial charge in [-0.3, -0.25) is 4.99 Å². The lowest BCUT2D eigenvalue weighted by atomic mass is 9.78. The molecule has 118 valence electrons. The Bertz CT molecular complexity index is 480. The first-order valence-electron chi connectivity index (χ1n) is 7.81. The smallest absolute Gasteiger partial charge is 0.246 e. The maximum absolute atomic E-state index is 5.13. The Morgan fingerprint density at radius 2 is 2.33 bits per heavy atom. The van der Waals surface area contributed by atoms with Crippen LogP contribution in [0.4, 0.5) is 0 Å². The lowest BCUT2D eigenvalue weighted by Gasteiger charge is -2.41. The fourth-order valence-corrected chi connectivity index (χ4v) is 3.20. The van der Waals surface area contributed by atoms with Gasteiger partial charge >= 0.3 is 0 Å². The van der Waals surface area contributed by atoms with Crippen molar-refractivity contribution in [3.05, 3.63) is 11.7 Å². The van der Waals surface area contributed by atoms with E-state index >= 15 is 0 Å². The summed E-state index contributed by atoms with van der Waals surface area (Å²) >= 11 is 0. The molecule has 1 unspecified atom stereocenters. The van der Waals surface area contributed by atoms with Crippen LogP contribution in [-0.4, -0.2) is 41.1 Å². The van der Waals surface area contributed by atoms with Gasteiger partial charge in [0.25, 0.3) is 0 Å². The van der Waals surface area contributed by atoms with Crippen LogP contribution in [0.1, 0.15) is 51.2 Å². The van der Waals surface area contributed by atoms with Crippen molar-refractivity contribution in [2.75, 3.05) is 20.1 Å². The Balaban J connectivity index is 1.94. The van der Waals surface area contributed by atoms with Gasteiger partial charge in [0.05, 0.1) is 6.54 Å². The van der Waals surface area contributed by atoms with E-state index < -0.39 is 0 Å². The Kier molecular flexibility index (Phi) is 5.20. The van der Waals surface area contributed by atoms with E-state index in [0.717, 1.165) is 19.0 Å². The molecular weight excluding hydrogens is 266 g/mol. The summed E-state index contributed by atoms with van der Waals surface area (Å²) in [5.41, 5.74) is 0.395. The number of hydrogen-bond acceptors (Lipinski definition) is 4. The molecule has 1 aliphatic heterocycles. The van der Waals surface area contributed by atoms with E-state index in [1.807, 2.05) is 14.0 Å². The van der Waals surface area contributed by atoms with Gasteiger partial charge in [-0.1, -0.05) is 25.4 Å². The summed E-state index contributed by atoms with van der Waals surface area (Å²) in [6, 6.07) is 0. The number of aliphatic imine (C=N–C) groups is 1. The van der Waals surface area contributed by atoms with Crippen molar-refractivity contribution in [2.24, 2.45) is 10.4 Å². The van der Waals surface area contributed by atoms with Gasteiger partial charge in [0.2, 0.25) is 5.89 Å². The summed E-state index contributed by atoms with van der Waals surface area (Å²) in [5.74, 6) is 2.19. The Hall–Kier alpha value is -1.59. The molecule has 1 aliphatic rings. The monoisotopic (exact) mass is 293 g/mol. The van der Waals surface area contributed by atoms with Crippen LogP contribution in [0.3, 0.4) is 0 Å². The van der Waals surface area contributed by atoms with E-state index in [-0.39, 0.29) is 0 Å². The molecule has 2 heterocycles. The lowest BCUT2D eigenvalue weighted by Crippen LogP contribution is -2.49. The molecule has 0 saturated carbocycles. The SMILES string of the molecule is CCCC1(C)CCCN(C(=NC)NCc2nc(C)no2)C1. The van der Waals surface area contributed by atoms with Crippen LogP contribution in [0, 0.1) is 12.3 Å². The number of nitrogens with one attached hydrogen (secondary N) is 1. The highest BCUT2D eigenvalue weighted by Crippen LogP contribution is 2.33. The van der Waals surface area contributed by atoms with Crippen LogP contribution in [0.5, 0.6) is 0 Å². The summed E-state index contributed by atoms with van der Waals surface area (Å²) < 4.78 is 5.13. The van der Waals surface area contributed by atoms with Gasteiger partial charge in [-0.2, -0.15) is 4.98 Å². The van der Waals surface area contributed by atoms with E-state index in [9.17, 15) is 0 Å². The molecule has 1 aromatic heterocycles. The molecule has 0 bridgehead atoms. The van der Waals surface area contributed by atoms with Gasteiger partial charge in [0.1, 0.15) is 0 Å². The second-order valence-corrected chi connectivity index (χ2v) is 6.22. The van der Waals surface area contributed by atoms with E-state index in [2.05, 4.69) is 39.2 Å². The van der Waals surface area contributed by atoms with Gasteiger partial charge in [-0.25, -0.2) is 0 Å². The largest absolute Gasteiger partial charge is 0.347 e. The third-order valence-electron chi connectivity index (χ3n) is 4.11. The minimum atomic E-state index is 0.395. The number of piperidine rings is 1. The van der Waals surface area contributed by atoms with E-state index in [1.165, 1.54) is 25.7 Å². The number of hydrogen-bond donors (Lipinski definition) is 1. The zero-order valence-corrected chi connectivity index (χ0v) is 13.6. The Morgan fingerprint density at radius 1 is 1.52 bits per heavy atom. The van der Waals surface area contributed by atoms with E-state index in [0.29, 0.717) is 23.7 Å². The summed E-state index contributed by atoms with van der Waals surface area (Å²) in [4.78, 5) is 11.0. The van der Waals surface area contributed by atoms with Gasteiger partial charge in [-0.05, 0) is 31.6 Å². The fraction of sp³-hybridized carbons (Fsp3) is 0.800. The summed E-state index contributed by atoms with van der Waals surface area (Å²) in [7, 11) is 1.83. The van der Waals surface area contributed by atoms with Gasteiger partial charge in [0, 0.05) is 20.1 Å². The predicted octanol–water partition coefficient (Wildman–Crippen LogP) is 2.36. The molecule has 1 fully saturated rings. The third-order valence-corrected chi connectivity index (χ3v) is 4.11. The average molecular weight is 293 g/mol. The number of likely N-dealkylation sites (tertiary alicyclic amines) is 1. The van der Waals surface area contributed by atoms with E-state index in [1.54, 1.807) is 0 Å². The average Bonchev–Trinajstić information content (AvgIpc) is 2.85. The second kappa shape index (κ2) is 6.91. The maximum Gasteiger partial charge on any atom is 0.246 e. The topological polar surface area (TPSA) is 66.5 Å². The standard InChI is InChI=1S/C15H27N5O/c1-5-7-15(3)8-6-9-20(11-15)14(16-4)17-10-13-18-12(2)19-21-13/h5-11H2,1-4H3,(H,16,17). The zero-order valence-electron chi connectivity index (χ0n) is 13.6. The highest BCUT2D eigenvalue weighted by Gasteiger charge is 2.31. The molecule has 6 nitrogen and oxygen atoms in total. The first-order valence-corrected chi connectivity index (χ1v) is 7.81. The minimum absolute atomic E-state index is 0.395. The van der Waals surface area contributed by atoms with Crippen LogP contribution in [0.25, 0.3) is 0 Å². The molecule has 6 heteroatoms. The second-order valence-electron chi connectivity index (χ2n) is 6.22. The molecule has 1 saturated heterocycles. The highest BCUT2D eigenvalue weighted by atomic mass is 16.5. The molecule has 21 heavy (non-hydrogen) atoms. The third kappa shape index (κ3) is 4.19. The number of aryl methyl sites for hydroxylation is 1. The van der Waals surface area contributed by atoms with Crippen LogP contribution >= 0.6 is 0 Å². The lowest BCUT2D eigenvalue weighted by molar-refractivity contribution is 0.142. The quantitative estimate of drug-likeness (QED) is 0.682. The number of rotatable bonds is 4. The zero-order chi connectivity index (χ0) is 15.3. The Morgan fingerprint density at radius 3 is 2.95 bits per heavy atom. The summed E-state index contributed by atoms with van der Waals surface area (Å²) in [6.45, 7) is 9.11. The van der Waals surface area contributed by atoms with Crippen molar-refractivity contribution in [2.45, 2.75) is 53.0 Å². The van der Waals surface area contributed by atoms with Crippen molar-refractivity contribution in [1.82, 2.24) is 20.4 Å². The molecule has 0 aliphatic carbocycles.